The lowest BCUT2D eigenvalue weighted by Crippen LogP contribution is -2.11. The molecular weight excluding hydrogens is 282 g/mol. The number of hydrogen-bond acceptors (Lipinski definition) is 4. The van der Waals surface area contributed by atoms with Crippen LogP contribution in [-0.2, 0) is 18.4 Å². The molecule has 7 heteroatoms. The van der Waals surface area contributed by atoms with E-state index in [-0.39, 0.29) is 24.5 Å². The zero-order valence-electron chi connectivity index (χ0n) is 11.6. The van der Waals surface area contributed by atoms with Crippen LogP contribution in [0.2, 0.25) is 0 Å². The summed E-state index contributed by atoms with van der Waals surface area (Å²) in [4.78, 5) is 11.7. The highest BCUT2D eigenvalue weighted by molar-refractivity contribution is 5.90. The number of aryl methyl sites for hydroxylation is 1. The van der Waals surface area contributed by atoms with E-state index < -0.39 is 17.6 Å². The molecule has 0 radical (unpaired) electrons. The van der Waals surface area contributed by atoms with E-state index in [0.717, 1.165) is 18.2 Å². The molecule has 0 amide bonds. The molecule has 21 heavy (non-hydrogen) atoms. The van der Waals surface area contributed by atoms with Crippen LogP contribution in [0.25, 0.3) is 0 Å². The standard InChI is InChI=1S/C14H14F2N2O3/c1-3-20-14(19)10-7-17-18(2)12(10)8-21-13-6-9(15)4-5-11(13)16/h4-7H,3,8H2,1-2H3. The Morgan fingerprint density at radius 3 is 2.86 bits per heavy atom. The number of carbonyl (C=O) groups is 1. The Hall–Kier alpha value is -2.44. The second-order valence-corrected chi connectivity index (χ2v) is 4.21. The molecule has 0 unspecified atom stereocenters. The van der Waals surface area contributed by atoms with Gasteiger partial charge >= 0.3 is 5.97 Å². The Kier molecular flexibility index (Phi) is 4.52. The van der Waals surface area contributed by atoms with Gasteiger partial charge in [0.25, 0.3) is 0 Å². The predicted octanol–water partition coefficient (Wildman–Crippen LogP) is 2.45. The number of hydrogen-bond donors (Lipinski definition) is 0. The van der Waals surface area contributed by atoms with Gasteiger partial charge in [-0.15, -0.1) is 0 Å². The van der Waals surface area contributed by atoms with Crippen LogP contribution >= 0.6 is 0 Å². The quantitative estimate of drug-likeness (QED) is 0.795. The Morgan fingerprint density at radius 1 is 1.38 bits per heavy atom. The van der Waals surface area contributed by atoms with Crippen LogP contribution < -0.4 is 4.74 Å². The number of carbonyl (C=O) groups excluding carboxylic acids is 1. The fraction of sp³-hybridized carbons (Fsp3) is 0.286. The number of nitrogens with zero attached hydrogens (tertiary/aromatic N) is 2. The molecule has 0 saturated heterocycles. The van der Waals surface area contributed by atoms with Crippen molar-refractivity contribution in [1.29, 1.82) is 0 Å². The molecule has 0 N–H and O–H groups in total. The normalized spacial score (nSPS) is 10.5. The molecule has 112 valence electrons. The minimum absolute atomic E-state index is 0.134. The Balaban J connectivity index is 2.18. The summed E-state index contributed by atoms with van der Waals surface area (Å²) in [5.74, 6) is -2.06. The monoisotopic (exact) mass is 296 g/mol. The third-order valence-corrected chi connectivity index (χ3v) is 2.81. The maximum atomic E-state index is 13.5. The van der Waals surface area contributed by atoms with Gasteiger partial charge < -0.3 is 9.47 Å². The van der Waals surface area contributed by atoms with Crippen LogP contribution in [0.4, 0.5) is 8.78 Å². The molecule has 2 aromatic rings. The van der Waals surface area contributed by atoms with Crippen LogP contribution in [0.3, 0.4) is 0 Å². The highest BCUT2D eigenvalue weighted by Crippen LogP contribution is 2.20. The molecule has 0 atom stereocenters. The molecule has 5 nitrogen and oxygen atoms in total. The van der Waals surface area contributed by atoms with Crippen molar-refractivity contribution in [2.75, 3.05) is 6.61 Å². The molecular formula is C14H14F2N2O3. The van der Waals surface area contributed by atoms with Crippen molar-refractivity contribution in [2.24, 2.45) is 7.05 Å². The maximum Gasteiger partial charge on any atom is 0.341 e. The summed E-state index contributed by atoms with van der Waals surface area (Å²) in [6, 6.07) is 2.91. The summed E-state index contributed by atoms with van der Waals surface area (Å²) in [7, 11) is 1.61. The number of benzene rings is 1. The summed E-state index contributed by atoms with van der Waals surface area (Å²) in [5.41, 5.74) is 0.647. The second-order valence-electron chi connectivity index (χ2n) is 4.21. The summed E-state index contributed by atoms with van der Waals surface area (Å²) in [6.45, 7) is 1.78. The number of esters is 1. The fourth-order valence-corrected chi connectivity index (χ4v) is 1.75. The molecule has 0 fully saturated rings. The van der Waals surface area contributed by atoms with E-state index in [1.54, 1.807) is 14.0 Å². The average molecular weight is 296 g/mol. The largest absolute Gasteiger partial charge is 0.484 e. The first-order valence-corrected chi connectivity index (χ1v) is 6.28. The molecule has 0 spiro atoms. The van der Waals surface area contributed by atoms with Gasteiger partial charge in [0.1, 0.15) is 18.0 Å². The number of halogens is 2. The van der Waals surface area contributed by atoms with E-state index >= 15 is 0 Å². The Labute approximate surface area is 120 Å². The second kappa shape index (κ2) is 6.34. The van der Waals surface area contributed by atoms with Crippen molar-refractivity contribution in [3.63, 3.8) is 0 Å². The van der Waals surface area contributed by atoms with Crippen molar-refractivity contribution in [3.05, 3.63) is 47.3 Å². The van der Waals surface area contributed by atoms with Crippen LogP contribution in [0.5, 0.6) is 5.75 Å². The van der Waals surface area contributed by atoms with E-state index in [9.17, 15) is 13.6 Å². The lowest BCUT2D eigenvalue weighted by Gasteiger charge is -2.09. The van der Waals surface area contributed by atoms with Crippen LogP contribution in [-0.4, -0.2) is 22.4 Å². The van der Waals surface area contributed by atoms with Gasteiger partial charge in [-0.3, -0.25) is 4.68 Å². The van der Waals surface area contributed by atoms with Gasteiger partial charge in [-0.25, -0.2) is 13.6 Å². The van der Waals surface area contributed by atoms with Crippen LogP contribution in [0.1, 0.15) is 23.0 Å². The van der Waals surface area contributed by atoms with E-state index in [1.807, 2.05) is 0 Å². The highest BCUT2D eigenvalue weighted by Gasteiger charge is 2.18. The maximum absolute atomic E-state index is 13.5. The number of ether oxygens (including phenoxy) is 2. The van der Waals surface area contributed by atoms with Crippen molar-refractivity contribution in [2.45, 2.75) is 13.5 Å². The third kappa shape index (κ3) is 3.36. The predicted molar refractivity (Wildman–Crippen MR) is 69.9 cm³/mol. The first-order valence-electron chi connectivity index (χ1n) is 6.28. The molecule has 0 saturated carbocycles. The smallest absolute Gasteiger partial charge is 0.341 e. The minimum Gasteiger partial charge on any atom is -0.484 e. The van der Waals surface area contributed by atoms with E-state index in [1.165, 1.54) is 10.9 Å². The molecule has 2 rings (SSSR count). The van der Waals surface area contributed by atoms with Crippen molar-refractivity contribution >= 4 is 5.97 Å². The van der Waals surface area contributed by atoms with Gasteiger partial charge in [-0.05, 0) is 19.1 Å². The minimum atomic E-state index is -0.684. The third-order valence-electron chi connectivity index (χ3n) is 2.81. The topological polar surface area (TPSA) is 53.3 Å². The zero-order valence-corrected chi connectivity index (χ0v) is 11.6. The number of rotatable bonds is 5. The fourth-order valence-electron chi connectivity index (χ4n) is 1.75. The molecule has 1 aromatic heterocycles. The summed E-state index contributed by atoms with van der Waals surface area (Å²) < 4.78 is 38.1. The first kappa shape index (κ1) is 15.0. The van der Waals surface area contributed by atoms with Gasteiger partial charge in [0.15, 0.2) is 11.6 Å². The molecule has 0 bridgehead atoms. The number of aromatic nitrogens is 2. The van der Waals surface area contributed by atoms with Gasteiger partial charge in [0.05, 0.1) is 18.5 Å². The molecule has 0 aliphatic carbocycles. The van der Waals surface area contributed by atoms with E-state index in [2.05, 4.69) is 5.10 Å². The molecule has 1 aromatic carbocycles. The average Bonchev–Trinajstić information content (AvgIpc) is 2.81. The highest BCUT2D eigenvalue weighted by atomic mass is 19.1. The van der Waals surface area contributed by atoms with Gasteiger partial charge in [-0.1, -0.05) is 0 Å². The van der Waals surface area contributed by atoms with Crippen molar-refractivity contribution in [1.82, 2.24) is 9.78 Å². The first-order chi connectivity index (χ1) is 10.0. The van der Waals surface area contributed by atoms with Crippen LogP contribution in [0.15, 0.2) is 24.4 Å². The molecule has 0 aliphatic rings. The van der Waals surface area contributed by atoms with E-state index in [0.29, 0.717) is 5.69 Å². The van der Waals surface area contributed by atoms with Gasteiger partial charge in [0.2, 0.25) is 0 Å². The van der Waals surface area contributed by atoms with Gasteiger partial charge in [-0.2, -0.15) is 5.10 Å². The van der Waals surface area contributed by atoms with Gasteiger partial charge in [0, 0.05) is 13.1 Å². The molecule has 1 heterocycles. The zero-order chi connectivity index (χ0) is 15.4. The molecule has 0 aliphatic heterocycles. The lowest BCUT2D eigenvalue weighted by atomic mass is 10.2. The SMILES string of the molecule is CCOC(=O)c1cnn(C)c1COc1cc(F)ccc1F. The van der Waals surface area contributed by atoms with E-state index in [4.69, 9.17) is 9.47 Å². The Morgan fingerprint density at radius 2 is 2.14 bits per heavy atom. The lowest BCUT2D eigenvalue weighted by molar-refractivity contribution is 0.0523. The summed E-state index contributed by atoms with van der Waals surface area (Å²) in [5, 5.41) is 3.94. The summed E-state index contributed by atoms with van der Waals surface area (Å²) >= 11 is 0. The van der Waals surface area contributed by atoms with Crippen molar-refractivity contribution < 1.29 is 23.0 Å². The van der Waals surface area contributed by atoms with Crippen molar-refractivity contribution in [3.8, 4) is 5.75 Å². The Bertz CT molecular complexity index is 656. The van der Waals surface area contributed by atoms with Crippen LogP contribution in [0, 0.1) is 11.6 Å². The summed E-state index contributed by atoms with van der Waals surface area (Å²) in [6.07, 6.45) is 1.35.